The molecule has 4 heteroatoms. The lowest BCUT2D eigenvalue weighted by molar-refractivity contribution is 0.403. The van der Waals surface area contributed by atoms with Crippen LogP contribution in [-0.4, -0.2) is 12.1 Å². The van der Waals surface area contributed by atoms with Gasteiger partial charge >= 0.3 is 0 Å². The number of nitrogens with zero attached hydrogens (tertiary/aromatic N) is 2. The zero-order valence-electron chi connectivity index (χ0n) is 7.99. The maximum absolute atomic E-state index is 8.80. The van der Waals surface area contributed by atoms with E-state index in [0.717, 1.165) is 10.8 Å². The van der Waals surface area contributed by atoms with Gasteiger partial charge in [-0.25, -0.2) is 4.98 Å². The van der Waals surface area contributed by atoms with Crippen LogP contribution in [0, 0.1) is 11.3 Å². The number of rotatable bonds is 1. The minimum Gasteiger partial charge on any atom is -0.481 e. The second-order valence-corrected chi connectivity index (χ2v) is 3.37. The summed E-state index contributed by atoms with van der Waals surface area (Å²) in [4.78, 5) is 4.04. The number of ether oxygens (including phenoxy) is 1. The predicted octanol–water partition coefficient (Wildman–Crippen LogP) is 2.77. The van der Waals surface area contributed by atoms with E-state index in [9.17, 15) is 0 Å². The van der Waals surface area contributed by atoms with Gasteiger partial charge in [0.1, 0.15) is 11.8 Å². The van der Waals surface area contributed by atoms with Gasteiger partial charge in [-0.1, -0.05) is 17.7 Å². The molecule has 74 valence electrons. The summed E-state index contributed by atoms with van der Waals surface area (Å²) < 4.78 is 5.10. The molecule has 0 saturated carbocycles. The van der Waals surface area contributed by atoms with Crippen LogP contribution in [0.25, 0.3) is 10.8 Å². The fourth-order valence-electron chi connectivity index (χ4n) is 1.42. The summed E-state index contributed by atoms with van der Waals surface area (Å²) >= 11 is 6.02. The van der Waals surface area contributed by atoms with Crippen molar-refractivity contribution >= 4 is 22.4 Å². The third-order valence-electron chi connectivity index (χ3n) is 2.09. The van der Waals surface area contributed by atoms with Crippen molar-refractivity contribution in [2.75, 3.05) is 7.11 Å². The van der Waals surface area contributed by atoms with E-state index in [0.29, 0.717) is 16.6 Å². The van der Waals surface area contributed by atoms with Gasteiger partial charge in [0, 0.05) is 15.8 Å². The number of benzene rings is 1. The van der Waals surface area contributed by atoms with Gasteiger partial charge in [-0.2, -0.15) is 5.26 Å². The molecule has 0 bridgehead atoms. The molecular weight excluding hydrogens is 212 g/mol. The molecule has 0 radical (unpaired) electrons. The Morgan fingerprint density at radius 2 is 2.20 bits per heavy atom. The topological polar surface area (TPSA) is 45.9 Å². The predicted molar refractivity (Wildman–Crippen MR) is 58.0 cm³/mol. The van der Waals surface area contributed by atoms with Gasteiger partial charge in [-0.05, 0) is 18.2 Å². The van der Waals surface area contributed by atoms with Crippen LogP contribution >= 0.6 is 11.6 Å². The SMILES string of the molecule is COc1nc(C#N)cc2c(Cl)cccc12. The highest BCUT2D eigenvalue weighted by Crippen LogP contribution is 2.29. The molecule has 0 fully saturated rings. The number of nitriles is 1. The van der Waals surface area contributed by atoms with Crippen LogP contribution in [0.3, 0.4) is 0 Å². The third kappa shape index (κ3) is 1.60. The largest absolute Gasteiger partial charge is 0.481 e. The standard InChI is InChI=1S/C11H7ClN2O/c1-15-11-8-3-2-4-10(12)9(8)5-7(6-13)14-11/h2-5H,1H3. The number of hydrogen-bond donors (Lipinski definition) is 0. The highest BCUT2D eigenvalue weighted by Gasteiger charge is 2.08. The van der Waals surface area contributed by atoms with E-state index in [-0.39, 0.29) is 0 Å². The molecule has 0 aliphatic heterocycles. The molecule has 0 aliphatic rings. The van der Waals surface area contributed by atoms with Crippen LogP contribution in [0.4, 0.5) is 0 Å². The van der Waals surface area contributed by atoms with Crippen molar-refractivity contribution in [1.82, 2.24) is 4.98 Å². The molecule has 1 heterocycles. The van der Waals surface area contributed by atoms with Crippen LogP contribution in [-0.2, 0) is 0 Å². The summed E-state index contributed by atoms with van der Waals surface area (Å²) in [6.07, 6.45) is 0. The second-order valence-electron chi connectivity index (χ2n) is 2.96. The third-order valence-corrected chi connectivity index (χ3v) is 2.42. The first kappa shape index (κ1) is 9.75. The van der Waals surface area contributed by atoms with Crippen molar-refractivity contribution in [2.24, 2.45) is 0 Å². The molecule has 15 heavy (non-hydrogen) atoms. The highest BCUT2D eigenvalue weighted by molar-refractivity contribution is 6.35. The zero-order valence-corrected chi connectivity index (χ0v) is 8.75. The first-order chi connectivity index (χ1) is 7.26. The van der Waals surface area contributed by atoms with E-state index < -0.39 is 0 Å². The number of hydrogen-bond acceptors (Lipinski definition) is 3. The molecule has 0 unspecified atom stereocenters. The summed E-state index contributed by atoms with van der Waals surface area (Å²) in [6, 6.07) is 9.07. The van der Waals surface area contributed by atoms with Crippen LogP contribution in [0.15, 0.2) is 24.3 Å². The van der Waals surface area contributed by atoms with Crippen molar-refractivity contribution in [3.8, 4) is 11.9 Å². The molecule has 3 nitrogen and oxygen atoms in total. The van der Waals surface area contributed by atoms with Gasteiger partial charge in [0.25, 0.3) is 0 Å². The molecule has 0 saturated heterocycles. The van der Waals surface area contributed by atoms with Crippen molar-refractivity contribution in [1.29, 1.82) is 5.26 Å². The van der Waals surface area contributed by atoms with Gasteiger partial charge in [-0.15, -0.1) is 0 Å². The Morgan fingerprint density at radius 1 is 1.40 bits per heavy atom. The lowest BCUT2D eigenvalue weighted by Crippen LogP contribution is -1.92. The first-order valence-electron chi connectivity index (χ1n) is 4.29. The molecule has 1 aromatic heterocycles. The summed E-state index contributed by atoms with van der Waals surface area (Å²) in [5, 5.41) is 11.0. The molecule has 2 rings (SSSR count). The summed E-state index contributed by atoms with van der Waals surface area (Å²) in [5.41, 5.74) is 0.299. The summed E-state index contributed by atoms with van der Waals surface area (Å²) in [5.74, 6) is 0.423. The molecule has 0 atom stereocenters. The average Bonchev–Trinajstić information content (AvgIpc) is 2.28. The van der Waals surface area contributed by atoms with Crippen molar-refractivity contribution < 1.29 is 4.74 Å². The van der Waals surface area contributed by atoms with E-state index in [4.69, 9.17) is 21.6 Å². The van der Waals surface area contributed by atoms with Crippen LogP contribution < -0.4 is 4.74 Å². The quantitative estimate of drug-likeness (QED) is 0.740. The average molecular weight is 219 g/mol. The van der Waals surface area contributed by atoms with Gasteiger partial charge in [0.15, 0.2) is 0 Å². The fraction of sp³-hybridized carbons (Fsp3) is 0.0909. The van der Waals surface area contributed by atoms with E-state index in [1.165, 1.54) is 7.11 Å². The van der Waals surface area contributed by atoms with Gasteiger partial charge in [0.2, 0.25) is 5.88 Å². The van der Waals surface area contributed by atoms with E-state index in [1.807, 2.05) is 18.2 Å². The monoisotopic (exact) mass is 218 g/mol. The molecule has 0 amide bonds. The maximum Gasteiger partial charge on any atom is 0.222 e. The lowest BCUT2D eigenvalue weighted by Gasteiger charge is -2.05. The molecule has 0 spiro atoms. The highest BCUT2D eigenvalue weighted by atomic mass is 35.5. The number of methoxy groups -OCH3 is 1. The van der Waals surface area contributed by atoms with Crippen molar-refractivity contribution in [3.05, 3.63) is 35.0 Å². The number of halogens is 1. The van der Waals surface area contributed by atoms with Crippen LogP contribution in [0.2, 0.25) is 5.02 Å². The van der Waals surface area contributed by atoms with Crippen molar-refractivity contribution in [3.63, 3.8) is 0 Å². The summed E-state index contributed by atoms with van der Waals surface area (Å²) in [6.45, 7) is 0. The van der Waals surface area contributed by atoms with Crippen LogP contribution in [0.1, 0.15) is 5.69 Å². The zero-order chi connectivity index (χ0) is 10.8. The van der Waals surface area contributed by atoms with E-state index in [1.54, 1.807) is 12.1 Å². The normalized spacial score (nSPS) is 9.93. The van der Waals surface area contributed by atoms with Gasteiger partial charge in [-0.3, -0.25) is 0 Å². The summed E-state index contributed by atoms with van der Waals surface area (Å²) in [7, 11) is 1.52. The fourth-order valence-corrected chi connectivity index (χ4v) is 1.65. The Balaban J connectivity index is 2.88. The Morgan fingerprint density at radius 3 is 2.87 bits per heavy atom. The second kappa shape index (κ2) is 3.76. The van der Waals surface area contributed by atoms with E-state index >= 15 is 0 Å². The maximum atomic E-state index is 8.80. The van der Waals surface area contributed by atoms with E-state index in [2.05, 4.69) is 4.98 Å². The Bertz CT molecular complexity index is 560. The lowest BCUT2D eigenvalue weighted by atomic mass is 10.1. The number of pyridine rings is 1. The first-order valence-corrected chi connectivity index (χ1v) is 4.67. The van der Waals surface area contributed by atoms with Crippen molar-refractivity contribution in [2.45, 2.75) is 0 Å². The molecule has 2 aromatic rings. The van der Waals surface area contributed by atoms with Gasteiger partial charge < -0.3 is 4.74 Å². The van der Waals surface area contributed by atoms with Crippen LogP contribution in [0.5, 0.6) is 5.88 Å². The molecular formula is C11H7ClN2O. The minimum absolute atomic E-state index is 0.299. The number of aromatic nitrogens is 1. The Labute approximate surface area is 91.9 Å². The molecule has 0 aliphatic carbocycles. The Hall–Kier alpha value is -1.79. The minimum atomic E-state index is 0.299. The smallest absolute Gasteiger partial charge is 0.222 e. The Kier molecular flexibility index (Phi) is 2.44. The number of fused-ring (bicyclic) bond motifs is 1. The molecule has 1 aromatic carbocycles. The van der Waals surface area contributed by atoms with Gasteiger partial charge in [0.05, 0.1) is 7.11 Å². The molecule has 0 N–H and O–H groups in total.